The van der Waals surface area contributed by atoms with Crippen LogP contribution in [0, 0.1) is 0 Å². The number of nitrogens with zero attached hydrogens (tertiary/aromatic N) is 1. The second-order valence-electron chi connectivity index (χ2n) is 4.07. The molecule has 1 aliphatic heterocycles. The molecule has 1 fully saturated rings. The van der Waals surface area contributed by atoms with E-state index in [1.807, 2.05) is 13.0 Å². The van der Waals surface area contributed by atoms with Gasteiger partial charge in [0.05, 0.1) is 10.7 Å². The molecule has 4 heteroatoms. The van der Waals surface area contributed by atoms with Crippen LogP contribution < -0.4 is 4.90 Å². The Hall–Kier alpha value is -0.600. The zero-order chi connectivity index (χ0) is 11.7. The maximum Gasteiger partial charge on any atom is 0.157 e. The van der Waals surface area contributed by atoms with Crippen LogP contribution in [0.25, 0.3) is 0 Å². The van der Waals surface area contributed by atoms with E-state index in [-0.39, 0.29) is 5.75 Å². The summed E-state index contributed by atoms with van der Waals surface area (Å²) in [6.07, 6.45) is 3.04. The zero-order valence-corrected chi connectivity index (χ0v) is 10.8. The van der Waals surface area contributed by atoms with Crippen LogP contribution in [-0.4, -0.2) is 18.2 Å². The van der Waals surface area contributed by atoms with Crippen LogP contribution in [-0.2, 0) is 6.42 Å². The Bertz CT molecular complexity index is 400. The van der Waals surface area contributed by atoms with Crippen LogP contribution in [0.15, 0.2) is 6.07 Å². The van der Waals surface area contributed by atoms with Gasteiger partial charge in [-0.05, 0) is 30.9 Å². The zero-order valence-electron chi connectivity index (χ0n) is 9.26. The molecule has 2 nitrogen and oxygen atoms in total. The van der Waals surface area contributed by atoms with Crippen molar-refractivity contribution in [3.63, 3.8) is 0 Å². The molecule has 88 valence electrons. The van der Waals surface area contributed by atoms with Crippen molar-refractivity contribution in [1.82, 2.24) is 0 Å². The van der Waals surface area contributed by atoms with Crippen molar-refractivity contribution in [2.24, 2.45) is 0 Å². The van der Waals surface area contributed by atoms with Crippen molar-refractivity contribution in [3.05, 3.63) is 21.7 Å². The third-order valence-corrected chi connectivity index (χ3v) is 3.81. The molecule has 0 radical (unpaired) electrons. The fourth-order valence-electron chi connectivity index (χ4n) is 2.16. The second-order valence-corrected chi connectivity index (χ2v) is 4.85. The van der Waals surface area contributed by atoms with Crippen molar-refractivity contribution >= 4 is 28.9 Å². The van der Waals surface area contributed by atoms with Gasteiger partial charge in [0, 0.05) is 18.1 Å². The average Bonchev–Trinajstić information content (AvgIpc) is 2.77. The van der Waals surface area contributed by atoms with Gasteiger partial charge in [-0.1, -0.05) is 30.1 Å². The molecule has 1 aliphatic rings. The number of halogens is 2. The van der Waals surface area contributed by atoms with Gasteiger partial charge in [0.25, 0.3) is 0 Å². The Kier molecular flexibility index (Phi) is 3.50. The van der Waals surface area contributed by atoms with Crippen molar-refractivity contribution in [1.29, 1.82) is 0 Å². The van der Waals surface area contributed by atoms with E-state index in [2.05, 4.69) is 4.90 Å². The molecule has 0 amide bonds. The molecule has 16 heavy (non-hydrogen) atoms. The molecule has 1 aromatic carbocycles. The highest BCUT2D eigenvalue weighted by Gasteiger charge is 2.20. The van der Waals surface area contributed by atoms with Gasteiger partial charge in [-0.15, -0.1) is 0 Å². The lowest BCUT2D eigenvalue weighted by atomic mass is 10.1. The molecule has 2 rings (SSSR count). The van der Waals surface area contributed by atoms with E-state index < -0.39 is 0 Å². The fraction of sp³-hybridized carbons (Fsp3) is 0.500. The number of benzene rings is 1. The highest BCUT2D eigenvalue weighted by atomic mass is 35.5. The lowest BCUT2D eigenvalue weighted by molar-refractivity contribution is 0.474. The summed E-state index contributed by atoms with van der Waals surface area (Å²) >= 11 is 12.3. The van der Waals surface area contributed by atoms with Gasteiger partial charge in [0.1, 0.15) is 0 Å². The molecule has 0 atom stereocenters. The molecule has 0 spiro atoms. The number of hydrogen-bond donors (Lipinski definition) is 1. The third-order valence-electron chi connectivity index (χ3n) is 3.07. The minimum absolute atomic E-state index is 0.171. The Labute approximate surface area is 106 Å². The lowest BCUT2D eigenvalue weighted by Gasteiger charge is -2.21. The normalized spacial score (nSPS) is 15.8. The predicted octanol–water partition coefficient (Wildman–Crippen LogP) is 3.86. The predicted molar refractivity (Wildman–Crippen MR) is 69.0 cm³/mol. The Balaban J connectivity index is 2.46. The largest absolute Gasteiger partial charge is 0.504 e. The summed E-state index contributed by atoms with van der Waals surface area (Å²) in [5.74, 6) is 0.171. The molecule has 0 aliphatic carbocycles. The first kappa shape index (κ1) is 11.9. The summed E-state index contributed by atoms with van der Waals surface area (Å²) in [6, 6.07) is 1.83. The van der Waals surface area contributed by atoms with Crippen molar-refractivity contribution in [2.45, 2.75) is 26.2 Å². The van der Waals surface area contributed by atoms with Crippen molar-refractivity contribution in [2.75, 3.05) is 18.0 Å². The molecule has 1 saturated heterocycles. The van der Waals surface area contributed by atoms with E-state index in [0.717, 1.165) is 43.6 Å². The van der Waals surface area contributed by atoms with Gasteiger partial charge >= 0.3 is 0 Å². The quantitative estimate of drug-likeness (QED) is 0.872. The minimum atomic E-state index is 0.171. The number of hydrogen-bond acceptors (Lipinski definition) is 2. The van der Waals surface area contributed by atoms with E-state index >= 15 is 0 Å². The molecule has 1 heterocycles. The minimum Gasteiger partial charge on any atom is -0.504 e. The first-order chi connectivity index (χ1) is 7.65. The van der Waals surface area contributed by atoms with Crippen LogP contribution in [0.3, 0.4) is 0 Å². The Morgan fingerprint density at radius 2 is 1.94 bits per heavy atom. The number of phenolic OH excluding ortho intramolecular Hbond substituents is 1. The molecular formula is C12H15Cl2NO. The van der Waals surface area contributed by atoms with Crippen LogP contribution in [0.1, 0.15) is 25.3 Å². The van der Waals surface area contributed by atoms with Crippen molar-refractivity contribution < 1.29 is 5.11 Å². The van der Waals surface area contributed by atoms with Gasteiger partial charge in [-0.25, -0.2) is 0 Å². The summed E-state index contributed by atoms with van der Waals surface area (Å²) < 4.78 is 0. The van der Waals surface area contributed by atoms with E-state index in [0.29, 0.717) is 10.0 Å². The first-order valence-electron chi connectivity index (χ1n) is 5.60. The van der Waals surface area contributed by atoms with E-state index in [4.69, 9.17) is 23.2 Å². The standard InChI is InChI=1S/C12H15Cl2NO/c1-2-8-9(13)7-10(12(16)11(8)14)15-5-3-4-6-15/h7,16H,2-6H2,1H3. The topological polar surface area (TPSA) is 23.5 Å². The highest BCUT2D eigenvalue weighted by Crippen LogP contribution is 2.42. The molecule has 0 unspecified atom stereocenters. The summed E-state index contributed by atoms with van der Waals surface area (Å²) in [5, 5.41) is 11.1. The third kappa shape index (κ3) is 1.96. The monoisotopic (exact) mass is 259 g/mol. The number of anilines is 1. The van der Waals surface area contributed by atoms with Gasteiger partial charge < -0.3 is 10.0 Å². The number of phenols is 1. The molecule has 0 aromatic heterocycles. The molecule has 1 N–H and O–H groups in total. The SMILES string of the molecule is CCc1c(Cl)cc(N2CCCC2)c(O)c1Cl. The van der Waals surface area contributed by atoms with Gasteiger partial charge in [-0.3, -0.25) is 0 Å². The number of aromatic hydroxyl groups is 1. The van der Waals surface area contributed by atoms with Crippen LogP contribution in [0.2, 0.25) is 10.0 Å². The summed E-state index contributed by atoms with van der Waals surface area (Å²) in [5.41, 5.74) is 1.59. The number of rotatable bonds is 2. The summed E-state index contributed by atoms with van der Waals surface area (Å²) in [6.45, 7) is 3.90. The highest BCUT2D eigenvalue weighted by molar-refractivity contribution is 6.37. The smallest absolute Gasteiger partial charge is 0.157 e. The van der Waals surface area contributed by atoms with Gasteiger partial charge in [0.15, 0.2) is 5.75 Å². The lowest BCUT2D eigenvalue weighted by Crippen LogP contribution is -2.17. The molecular weight excluding hydrogens is 245 g/mol. The molecule has 0 saturated carbocycles. The van der Waals surface area contributed by atoms with Crippen molar-refractivity contribution in [3.8, 4) is 5.75 Å². The maximum atomic E-state index is 10.1. The molecule has 1 aromatic rings. The Morgan fingerprint density at radius 3 is 2.50 bits per heavy atom. The average molecular weight is 260 g/mol. The van der Waals surface area contributed by atoms with Crippen LogP contribution in [0.4, 0.5) is 5.69 Å². The second kappa shape index (κ2) is 4.72. The van der Waals surface area contributed by atoms with E-state index in [1.165, 1.54) is 0 Å². The van der Waals surface area contributed by atoms with Gasteiger partial charge in [0.2, 0.25) is 0 Å². The fourth-order valence-corrected chi connectivity index (χ4v) is 2.87. The first-order valence-corrected chi connectivity index (χ1v) is 6.35. The summed E-state index contributed by atoms with van der Waals surface area (Å²) in [7, 11) is 0. The maximum absolute atomic E-state index is 10.1. The van der Waals surface area contributed by atoms with E-state index in [9.17, 15) is 5.11 Å². The van der Waals surface area contributed by atoms with E-state index in [1.54, 1.807) is 0 Å². The van der Waals surface area contributed by atoms with Crippen LogP contribution >= 0.6 is 23.2 Å². The Morgan fingerprint density at radius 1 is 1.31 bits per heavy atom. The summed E-state index contributed by atoms with van der Waals surface area (Å²) in [4.78, 5) is 2.13. The molecule has 0 bridgehead atoms. The van der Waals surface area contributed by atoms with Gasteiger partial charge in [-0.2, -0.15) is 0 Å². The van der Waals surface area contributed by atoms with Crippen LogP contribution in [0.5, 0.6) is 5.75 Å².